The lowest BCUT2D eigenvalue weighted by Gasteiger charge is -2.11. The summed E-state index contributed by atoms with van der Waals surface area (Å²) >= 11 is 2.70. The number of aromatic hydroxyl groups is 1. The highest BCUT2D eigenvalue weighted by Gasteiger charge is 2.17. The number of esters is 1. The van der Waals surface area contributed by atoms with Crippen LogP contribution in [-0.4, -0.2) is 29.4 Å². The number of phenols is 1. The van der Waals surface area contributed by atoms with Crippen LogP contribution in [0.4, 0.5) is 5.69 Å². The number of thioether (sulfide) groups is 1. The number of nitriles is 1. The third kappa shape index (κ3) is 3.89. The number of nitrogens with zero attached hydrogens (tertiary/aromatic N) is 2. The molecule has 2 aromatic carbocycles. The number of rotatable bonds is 5. The number of anilines is 1. The Hall–Kier alpha value is -3.02. The SMILES string of the molecule is COC(=O)/C(C#N)=C(/Nc1ccc(-c2nc3ccccc3s2)c(O)c1)SC. The van der Waals surface area contributed by atoms with Crippen LogP contribution in [0.2, 0.25) is 0 Å². The van der Waals surface area contributed by atoms with E-state index in [0.29, 0.717) is 21.3 Å². The van der Waals surface area contributed by atoms with Crippen LogP contribution < -0.4 is 5.32 Å². The highest BCUT2D eigenvalue weighted by Crippen LogP contribution is 2.37. The van der Waals surface area contributed by atoms with Crippen molar-refractivity contribution in [2.75, 3.05) is 18.7 Å². The molecule has 0 atom stereocenters. The van der Waals surface area contributed by atoms with Gasteiger partial charge in [0.15, 0.2) is 5.57 Å². The number of thiazole rings is 1. The van der Waals surface area contributed by atoms with Gasteiger partial charge in [0.1, 0.15) is 16.8 Å². The molecule has 0 saturated heterocycles. The summed E-state index contributed by atoms with van der Waals surface area (Å²) in [4.78, 5) is 16.3. The first kappa shape index (κ1) is 18.8. The second-order valence-electron chi connectivity index (χ2n) is 5.36. The second kappa shape index (κ2) is 8.12. The number of benzene rings is 2. The van der Waals surface area contributed by atoms with Crippen molar-refractivity contribution in [2.45, 2.75) is 0 Å². The summed E-state index contributed by atoms with van der Waals surface area (Å²) in [5.74, 6) is -0.666. The number of carbonyl (C=O) groups excluding carboxylic acids is 1. The van der Waals surface area contributed by atoms with Crippen molar-refractivity contribution in [3.05, 3.63) is 53.1 Å². The van der Waals surface area contributed by atoms with E-state index in [2.05, 4.69) is 15.0 Å². The number of phenolic OH excluding ortho intramolecular Hbond substituents is 1. The smallest absolute Gasteiger partial charge is 0.351 e. The lowest BCUT2D eigenvalue weighted by atomic mass is 10.2. The molecule has 1 aromatic heterocycles. The minimum Gasteiger partial charge on any atom is -0.507 e. The van der Waals surface area contributed by atoms with Gasteiger partial charge in [-0.15, -0.1) is 23.1 Å². The van der Waals surface area contributed by atoms with E-state index in [4.69, 9.17) is 0 Å². The zero-order chi connectivity index (χ0) is 19.4. The van der Waals surface area contributed by atoms with E-state index in [1.807, 2.05) is 30.3 Å². The largest absolute Gasteiger partial charge is 0.507 e. The van der Waals surface area contributed by atoms with Crippen molar-refractivity contribution in [2.24, 2.45) is 0 Å². The molecule has 0 fully saturated rings. The summed E-state index contributed by atoms with van der Waals surface area (Å²) in [6.07, 6.45) is 1.73. The summed E-state index contributed by atoms with van der Waals surface area (Å²) in [5, 5.41) is 23.7. The van der Waals surface area contributed by atoms with Gasteiger partial charge in [0.25, 0.3) is 0 Å². The Morgan fingerprint density at radius 1 is 1.33 bits per heavy atom. The number of aromatic nitrogens is 1. The molecular weight excluding hydrogens is 382 g/mol. The lowest BCUT2D eigenvalue weighted by molar-refractivity contribution is -0.135. The molecule has 2 N–H and O–H groups in total. The number of para-hydroxylation sites is 1. The molecular formula is C19H15N3O3S2. The van der Waals surface area contributed by atoms with Gasteiger partial charge in [-0.3, -0.25) is 0 Å². The van der Waals surface area contributed by atoms with Gasteiger partial charge in [0, 0.05) is 11.8 Å². The average Bonchev–Trinajstić information content (AvgIpc) is 3.11. The molecule has 136 valence electrons. The van der Waals surface area contributed by atoms with Crippen molar-refractivity contribution < 1.29 is 14.6 Å². The first-order valence-corrected chi connectivity index (χ1v) is 9.84. The monoisotopic (exact) mass is 397 g/mol. The molecule has 8 heteroatoms. The fraction of sp³-hybridized carbons (Fsp3) is 0.105. The van der Waals surface area contributed by atoms with Gasteiger partial charge in [-0.25, -0.2) is 9.78 Å². The molecule has 27 heavy (non-hydrogen) atoms. The number of hydrogen-bond donors (Lipinski definition) is 2. The molecule has 0 aliphatic heterocycles. The van der Waals surface area contributed by atoms with E-state index in [1.54, 1.807) is 18.4 Å². The van der Waals surface area contributed by atoms with Gasteiger partial charge in [-0.2, -0.15) is 5.26 Å². The predicted molar refractivity (Wildman–Crippen MR) is 109 cm³/mol. The fourth-order valence-corrected chi connectivity index (χ4v) is 3.97. The summed E-state index contributed by atoms with van der Waals surface area (Å²) in [5.41, 5.74) is 1.91. The topological polar surface area (TPSA) is 95.2 Å². The minimum atomic E-state index is -0.718. The van der Waals surface area contributed by atoms with Crippen molar-refractivity contribution >= 4 is 45.0 Å². The molecule has 3 rings (SSSR count). The fourth-order valence-electron chi connectivity index (χ4n) is 2.42. The van der Waals surface area contributed by atoms with Crippen molar-refractivity contribution in [3.63, 3.8) is 0 Å². The summed E-state index contributed by atoms with van der Waals surface area (Å²) in [6, 6.07) is 14.6. The van der Waals surface area contributed by atoms with Gasteiger partial charge in [0.2, 0.25) is 0 Å². The summed E-state index contributed by atoms with van der Waals surface area (Å²) < 4.78 is 5.66. The van der Waals surface area contributed by atoms with E-state index >= 15 is 0 Å². The van der Waals surface area contributed by atoms with Crippen LogP contribution in [0.3, 0.4) is 0 Å². The molecule has 0 radical (unpaired) electrons. The van der Waals surface area contributed by atoms with Gasteiger partial charge in [-0.1, -0.05) is 12.1 Å². The molecule has 6 nitrogen and oxygen atoms in total. The second-order valence-corrected chi connectivity index (χ2v) is 7.20. The molecule has 3 aromatic rings. The molecule has 0 aliphatic rings. The molecule has 1 heterocycles. The minimum absolute atomic E-state index is 0.0519. The molecule has 0 bridgehead atoms. The lowest BCUT2D eigenvalue weighted by Crippen LogP contribution is -2.09. The summed E-state index contributed by atoms with van der Waals surface area (Å²) in [7, 11) is 1.22. The van der Waals surface area contributed by atoms with Crippen molar-refractivity contribution in [3.8, 4) is 22.4 Å². The van der Waals surface area contributed by atoms with E-state index < -0.39 is 5.97 Å². The predicted octanol–water partition coefficient (Wildman–Crippen LogP) is 4.35. The first-order chi connectivity index (χ1) is 13.1. The van der Waals surface area contributed by atoms with Crippen molar-refractivity contribution in [1.82, 2.24) is 4.98 Å². The third-order valence-electron chi connectivity index (χ3n) is 3.71. The Bertz CT molecular complexity index is 1050. The Morgan fingerprint density at radius 3 is 2.74 bits per heavy atom. The van der Waals surface area contributed by atoms with Gasteiger partial charge in [0.05, 0.1) is 27.9 Å². The van der Waals surface area contributed by atoms with Crippen LogP contribution >= 0.6 is 23.1 Å². The van der Waals surface area contributed by atoms with Crippen LogP contribution in [-0.2, 0) is 9.53 Å². The molecule has 0 unspecified atom stereocenters. The summed E-state index contributed by atoms with van der Waals surface area (Å²) in [6.45, 7) is 0. The van der Waals surface area contributed by atoms with E-state index in [9.17, 15) is 15.2 Å². The Labute approximate surface area is 164 Å². The van der Waals surface area contributed by atoms with E-state index in [0.717, 1.165) is 10.2 Å². The quantitative estimate of drug-likeness (QED) is 0.375. The highest BCUT2D eigenvalue weighted by molar-refractivity contribution is 8.02. The van der Waals surface area contributed by atoms with Gasteiger partial charge in [-0.05, 0) is 30.5 Å². The van der Waals surface area contributed by atoms with E-state index in [1.165, 1.54) is 36.3 Å². The number of ether oxygens (including phenoxy) is 1. The van der Waals surface area contributed by atoms with Gasteiger partial charge >= 0.3 is 5.97 Å². The molecule has 0 saturated carbocycles. The zero-order valence-electron chi connectivity index (χ0n) is 14.5. The maximum Gasteiger partial charge on any atom is 0.351 e. The molecule has 0 aliphatic carbocycles. The zero-order valence-corrected chi connectivity index (χ0v) is 16.1. The third-order valence-corrected chi connectivity index (χ3v) is 5.50. The van der Waals surface area contributed by atoms with E-state index in [-0.39, 0.29) is 11.3 Å². The Balaban J connectivity index is 1.93. The maximum atomic E-state index is 11.7. The van der Waals surface area contributed by atoms with Crippen LogP contribution in [0.15, 0.2) is 53.1 Å². The number of methoxy groups -OCH3 is 1. The van der Waals surface area contributed by atoms with Gasteiger partial charge < -0.3 is 15.2 Å². The average molecular weight is 397 g/mol. The first-order valence-electron chi connectivity index (χ1n) is 7.80. The molecule has 0 spiro atoms. The number of fused-ring (bicyclic) bond motifs is 1. The van der Waals surface area contributed by atoms with Crippen molar-refractivity contribution in [1.29, 1.82) is 5.26 Å². The van der Waals surface area contributed by atoms with Crippen LogP contribution in [0.25, 0.3) is 20.8 Å². The maximum absolute atomic E-state index is 11.7. The van der Waals surface area contributed by atoms with Crippen LogP contribution in [0.1, 0.15) is 0 Å². The number of carbonyl (C=O) groups is 1. The van der Waals surface area contributed by atoms with Crippen LogP contribution in [0, 0.1) is 11.3 Å². The molecule has 0 amide bonds. The number of nitrogens with one attached hydrogen (secondary N) is 1. The standard InChI is InChI=1S/C19H15N3O3S2/c1-25-19(24)13(10-20)17(26-2)21-11-7-8-12(15(23)9-11)18-22-14-5-3-4-6-16(14)27-18/h3-9,21,23H,1-2H3/b17-13-. The van der Waals surface area contributed by atoms with Crippen LogP contribution in [0.5, 0.6) is 5.75 Å². The highest BCUT2D eigenvalue weighted by atomic mass is 32.2. The number of hydrogen-bond acceptors (Lipinski definition) is 8. The Kier molecular flexibility index (Phi) is 5.64. The normalized spacial score (nSPS) is 11.6. The Morgan fingerprint density at radius 2 is 2.11 bits per heavy atom.